The van der Waals surface area contributed by atoms with Gasteiger partial charge in [-0.15, -0.1) is 0 Å². The average molecular weight is 285 g/mol. The molecule has 1 aliphatic carbocycles. The Morgan fingerprint density at radius 1 is 1.32 bits per heavy atom. The van der Waals surface area contributed by atoms with Gasteiger partial charge in [0.25, 0.3) is 0 Å². The molecule has 3 N–H and O–H groups in total. The molecule has 5 nitrogen and oxygen atoms in total. The zero-order chi connectivity index (χ0) is 14.4. The fourth-order valence-electron chi connectivity index (χ4n) is 2.51. The molecule has 0 heterocycles. The highest BCUT2D eigenvalue weighted by molar-refractivity contribution is 7.80. The number of carbonyl (C=O) groups is 2. The van der Waals surface area contributed by atoms with Crippen molar-refractivity contribution in [2.24, 2.45) is 11.7 Å². The molecular formula is C13H23N3O2S. The largest absolute Gasteiger partial charge is 0.392 e. The molecule has 0 unspecified atom stereocenters. The van der Waals surface area contributed by atoms with E-state index < -0.39 is 11.8 Å². The minimum absolute atomic E-state index is 0.0658. The molecule has 2 amide bonds. The van der Waals surface area contributed by atoms with Gasteiger partial charge in [0, 0.05) is 13.1 Å². The molecule has 0 aromatic carbocycles. The van der Waals surface area contributed by atoms with Crippen LogP contribution in [0, 0.1) is 5.92 Å². The molecule has 0 bridgehead atoms. The van der Waals surface area contributed by atoms with Crippen LogP contribution in [0.2, 0.25) is 0 Å². The summed E-state index contributed by atoms with van der Waals surface area (Å²) in [4.78, 5) is 25.3. The van der Waals surface area contributed by atoms with Crippen LogP contribution < -0.4 is 11.1 Å². The molecule has 1 saturated carbocycles. The van der Waals surface area contributed by atoms with Crippen molar-refractivity contribution >= 4 is 29.0 Å². The average Bonchev–Trinajstić information content (AvgIpc) is 2.43. The molecule has 0 saturated heterocycles. The lowest BCUT2D eigenvalue weighted by molar-refractivity contribution is -0.146. The number of rotatable bonds is 4. The lowest BCUT2D eigenvalue weighted by atomic mass is 9.84. The van der Waals surface area contributed by atoms with Gasteiger partial charge in [-0.05, 0) is 31.6 Å². The normalized spacial score (nSPS) is 22.6. The minimum atomic E-state index is -0.632. The van der Waals surface area contributed by atoms with Gasteiger partial charge in [0.1, 0.15) is 0 Å². The van der Waals surface area contributed by atoms with Crippen LogP contribution in [0.5, 0.6) is 0 Å². The Morgan fingerprint density at radius 2 is 1.89 bits per heavy atom. The SMILES string of the molecule is CCC1CCC(N(C)C(=O)C(=O)NCC(N)=S)CC1. The van der Waals surface area contributed by atoms with E-state index in [9.17, 15) is 9.59 Å². The molecule has 6 heteroatoms. The molecule has 108 valence electrons. The van der Waals surface area contributed by atoms with E-state index >= 15 is 0 Å². The second-order valence-electron chi connectivity index (χ2n) is 5.15. The third-order valence-electron chi connectivity index (χ3n) is 3.88. The number of nitrogens with one attached hydrogen (secondary N) is 1. The van der Waals surface area contributed by atoms with Gasteiger partial charge in [0.15, 0.2) is 0 Å². The predicted molar refractivity (Wildman–Crippen MR) is 78.6 cm³/mol. The number of thiocarbonyl (C=S) groups is 1. The number of hydrogen-bond acceptors (Lipinski definition) is 3. The number of amides is 2. The summed E-state index contributed by atoms with van der Waals surface area (Å²) >= 11 is 4.66. The van der Waals surface area contributed by atoms with E-state index in [1.54, 1.807) is 11.9 Å². The molecule has 0 atom stereocenters. The van der Waals surface area contributed by atoms with E-state index in [2.05, 4.69) is 24.5 Å². The van der Waals surface area contributed by atoms with Crippen LogP contribution in [0.15, 0.2) is 0 Å². The van der Waals surface area contributed by atoms with Crippen molar-refractivity contribution in [3.05, 3.63) is 0 Å². The highest BCUT2D eigenvalue weighted by Crippen LogP contribution is 2.28. The summed E-state index contributed by atoms with van der Waals surface area (Å²) in [6.07, 6.45) is 5.41. The number of hydrogen-bond donors (Lipinski definition) is 2. The second-order valence-corrected chi connectivity index (χ2v) is 5.67. The molecule has 19 heavy (non-hydrogen) atoms. The van der Waals surface area contributed by atoms with Crippen LogP contribution in [0.3, 0.4) is 0 Å². The lowest BCUT2D eigenvalue weighted by Crippen LogP contribution is -2.48. The van der Waals surface area contributed by atoms with Gasteiger partial charge in [0.05, 0.1) is 11.5 Å². The summed E-state index contributed by atoms with van der Waals surface area (Å²) in [6.45, 7) is 2.26. The van der Waals surface area contributed by atoms with Crippen molar-refractivity contribution < 1.29 is 9.59 Å². The fraction of sp³-hybridized carbons (Fsp3) is 0.769. The lowest BCUT2D eigenvalue weighted by Gasteiger charge is -2.34. The van der Waals surface area contributed by atoms with Gasteiger partial charge in [-0.1, -0.05) is 25.6 Å². The number of carbonyl (C=O) groups excluding carboxylic acids is 2. The summed E-state index contributed by atoms with van der Waals surface area (Å²) in [5.74, 6) is -0.368. The summed E-state index contributed by atoms with van der Waals surface area (Å²) in [5, 5.41) is 2.43. The zero-order valence-electron chi connectivity index (χ0n) is 11.6. The molecule has 0 aromatic heterocycles. The molecule has 1 fully saturated rings. The van der Waals surface area contributed by atoms with E-state index in [0.717, 1.165) is 31.6 Å². The Morgan fingerprint density at radius 3 is 2.37 bits per heavy atom. The third kappa shape index (κ3) is 4.78. The first-order valence-corrected chi connectivity index (χ1v) is 7.19. The first-order chi connectivity index (χ1) is 8.95. The Kier molecular flexibility index (Phi) is 6.21. The number of nitrogens with zero attached hydrogens (tertiary/aromatic N) is 1. The Labute approximate surface area is 119 Å². The smallest absolute Gasteiger partial charge is 0.311 e. The maximum absolute atomic E-state index is 11.9. The summed E-state index contributed by atoms with van der Waals surface area (Å²) in [5.41, 5.74) is 5.28. The quantitative estimate of drug-likeness (QED) is 0.592. The third-order valence-corrected chi connectivity index (χ3v) is 4.02. The maximum Gasteiger partial charge on any atom is 0.311 e. The Balaban J connectivity index is 2.44. The summed E-state index contributed by atoms with van der Waals surface area (Å²) in [6, 6.07) is 0.172. The van der Waals surface area contributed by atoms with Crippen LogP contribution in [0.25, 0.3) is 0 Å². The first-order valence-electron chi connectivity index (χ1n) is 6.79. The van der Waals surface area contributed by atoms with Crippen molar-refractivity contribution in [1.29, 1.82) is 0 Å². The van der Waals surface area contributed by atoms with E-state index in [0.29, 0.717) is 0 Å². The fourth-order valence-corrected chi connectivity index (χ4v) is 2.58. The monoisotopic (exact) mass is 285 g/mol. The maximum atomic E-state index is 11.9. The van der Waals surface area contributed by atoms with Crippen LogP contribution in [0.1, 0.15) is 39.0 Å². The van der Waals surface area contributed by atoms with Crippen LogP contribution in [0.4, 0.5) is 0 Å². The molecule has 0 aliphatic heterocycles. The molecular weight excluding hydrogens is 262 g/mol. The number of nitrogens with two attached hydrogens (primary N) is 1. The van der Waals surface area contributed by atoms with Crippen LogP contribution in [-0.4, -0.2) is 41.3 Å². The first kappa shape index (κ1) is 15.9. The highest BCUT2D eigenvalue weighted by Gasteiger charge is 2.28. The van der Waals surface area contributed by atoms with E-state index in [1.165, 1.54) is 6.42 Å². The Bertz CT molecular complexity index is 352. The highest BCUT2D eigenvalue weighted by atomic mass is 32.1. The van der Waals surface area contributed by atoms with Crippen molar-refractivity contribution in [2.75, 3.05) is 13.6 Å². The van der Waals surface area contributed by atoms with Gasteiger partial charge in [-0.3, -0.25) is 9.59 Å². The Hall–Kier alpha value is -1.17. The van der Waals surface area contributed by atoms with Gasteiger partial charge < -0.3 is 16.0 Å². The van der Waals surface area contributed by atoms with Crippen LogP contribution >= 0.6 is 12.2 Å². The van der Waals surface area contributed by atoms with E-state index in [4.69, 9.17) is 5.73 Å². The van der Waals surface area contributed by atoms with Gasteiger partial charge in [-0.25, -0.2) is 0 Å². The van der Waals surface area contributed by atoms with Crippen molar-refractivity contribution in [3.8, 4) is 0 Å². The topological polar surface area (TPSA) is 75.4 Å². The van der Waals surface area contributed by atoms with Gasteiger partial charge in [0.2, 0.25) is 0 Å². The molecule has 1 aliphatic rings. The molecule has 0 radical (unpaired) electrons. The van der Waals surface area contributed by atoms with Crippen molar-refractivity contribution in [2.45, 2.75) is 45.1 Å². The zero-order valence-corrected chi connectivity index (χ0v) is 12.5. The molecule has 0 spiro atoms. The van der Waals surface area contributed by atoms with E-state index in [-0.39, 0.29) is 17.6 Å². The van der Waals surface area contributed by atoms with Gasteiger partial charge in [-0.2, -0.15) is 0 Å². The minimum Gasteiger partial charge on any atom is -0.392 e. The van der Waals surface area contributed by atoms with Crippen molar-refractivity contribution in [1.82, 2.24) is 10.2 Å². The van der Waals surface area contributed by atoms with E-state index in [1.807, 2.05) is 0 Å². The second kappa shape index (κ2) is 7.43. The summed E-state index contributed by atoms with van der Waals surface area (Å²) in [7, 11) is 1.69. The molecule has 0 aromatic rings. The van der Waals surface area contributed by atoms with Crippen LogP contribution in [-0.2, 0) is 9.59 Å². The van der Waals surface area contributed by atoms with Gasteiger partial charge >= 0.3 is 11.8 Å². The summed E-state index contributed by atoms with van der Waals surface area (Å²) < 4.78 is 0. The number of likely N-dealkylation sites (N-methyl/N-ethyl adjacent to an activating group) is 1. The predicted octanol–water partition coefficient (Wildman–Crippen LogP) is 0.816. The standard InChI is InChI=1S/C13H23N3O2S/c1-3-9-4-6-10(7-5-9)16(2)13(18)12(17)15-8-11(14)19/h9-10H,3-8H2,1-2H3,(H2,14,19)(H,15,17). The van der Waals surface area contributed by atoms with Crippen molar-refractivity contribution in [3.63, 3.8) is 0 Å². The molecule has 1 rings (SSSR count).